The summed E-state index contributed by atoms with van der Waals surface area (Å²) in [6.07, 6.45) is 1.63. The van der Waals surface area contributed by atoms with Crippen molar-refractivity contribution in [2.75, 3.05) is 19.0 Å². The van der Waals surface area contributed by atoms with Crippen LogP contribution < -0.4 is 10.6 Å². The van der Waals surface area contributed by atoms with E-state index in [4.69, 9.17) is 16.3 Å². The standard InChI is InChI=1S/C23H30ClN3O5/c1-5-22-9-10-23(32-22)16(15(22)19(29)25-4)21(31)27(13(3)11-28)18(23)20(30)26-17-12(2)7-6-8-14(17)24/h6-8,13,15-16,18,28H,5,9-11H2,1-4H3,(H,25,29)(H,26,30)/t13-,15+,16+,18?,22-,23?/m1/s1. The summed E-state index contributed by atoms with van der Waals surface area (Å²) in [5, 5.41) is 15.8. The minimum Gasteiger partial charge on any atom is -0.394 e. The number of ether oxygens (including phenoxy) is 1. The van der Waals surface area contributed by atoms with E-state index in [9.17, 15) is 19.5 Å². The van der Waals surface area contributed by atoms with E-state index in [1.54, 1.807) is 26.1 Å². The highest BCUT2D eigenvalue weighted by molar-refractivity contribution is 6.34. The van der Waals surface area contributed by atoms with E-state index >= 15 is 0 Å². The SMILES string of the molecule is CC[C@]12CCC3(O1)C(C(=O)Nc1c(C)cccc1Cl)N([C@H](C)CO)C(=O)[C@@H]3[C@H]2C(=O)NC. The van der Waals surface area contributed by atoms with E-state index in [1.165, 1.54) is 4.90 Å². The second kappa shape index (κ2) is 8.01. The number of benzene rings is 1. The average Bonchev–Trinajstić information content (AvgIpc) is 3.39. The van der Waals surface area contributed by atoms with Crippen LogP contribution in [0.3, 0.4) is 0 Å². The fourth-order valence-electron chi connectivity index (χ4n) is 6.05. The summed E-state index contributed by atoms with van der Waals surface area (Å²) >= 11 is 6.33. The van der Waals surface area contributed by atoms with E-state index < -0.39 is 41.0 Å². The highest BCUT2D eigenvalue weighted by Gasteiger charge is 2.78. The first-order valence-electron chi connectivity index (χ1n) is 11.1. The van der Waals surface area contributed by atoms with Gasteiger partial charge in [0.05, 0.1) is 40.8 Å². The molecule has 3 fully saturated rings. The van der Waals surface area contributed by atoms with Crippen LogP contribution in [0.1, 0.15) is 38.7 Å². The second-order valence-electron chi connectivity index (χ2n) is 9.15. The Morgan fingerprint density at radius 1 is 1.34 bits per heavy atom. The van der Waals surface area contributed by atoms with E-state index in [-0.39, 0.29) is 18.4 Å². The summed E-state index contributed by atoms with van der Waals surface area (Å²) in [4.78, 5) is 41.8. The van der Waals surface area contributed by atoms with Gasteiger partial charge in [-0.05, 0) is 44.7 Å². The van der Waals surface area contributed by atoms with Crippen molar-refractivity contribution in [2.45, 2.75) is 63.3 Å². The van der Waals surface area contributed by atoms with Crippen molar-refractivity contribution in [1.29, 1.82) is 0 Å². The molecule has 2 unspecified atom stereocenters. The molecule has 0 aromatic heterocycles. The molecular formula is C23H30ClN3O5. The monoisotopic (exact) mass is 463 g/mol. The Hall–Kier alpha value is -2.16. The first-order valence-corrected chi connectivity index (χ1v) is 11.5. The van der Waals surface area contributed by atoms with Gasteiger partial charge in [-0.15, -0.1) is 0 Å². The quantitative estimate of drug-likeness (QED) is 0.597. The normalized spacial score (nSPS) is 33.9. The third-order valence-corrected chi connectivity index (χ3v) is 7.92. The number of hydrogen-bond donors (Lipinski definition) is 3. The number of aliphatic hydroxyl groups excluding tert-OH is 1. The number of anilines is 1. The summed E-state index contributed by atoms with van der Waals surface area (Å²) in [5.41, 5.74) is -0.652. The summed E-state index contributed by atoms with van der Waals surface area (Å²) in [5.74, 6) is -2.49. The minimum absolute atomic E-state index is 0.258. The number of rotatable bonds is 6. The van der Waals surface area contributed by atoms with Gasteiger partial charge in [0.15, 0.2) is 0 Å². The number of aliphatic hydroxyl groups is 1. The van der Waals surface area contributed by atoms with Gasteiger partial charge in [0, 0.05) is 7.05 Å². The number of nitrogens with zero attached hydrogens (tertiary/aromatic N) is 1. The van der Waals surface area contributed by atoms with Crippen molar-refractivity contribution in [3.8, 4) is 0 Å². The number of nitrogens with one attached hydrogen (secondary N) is 2. The third-order valence-electron chi connectivity index (χ3n) is 7.61. The van der Waals surface area contributed by atoms with Crippen LogP contribution in [0.4, 0.5) is 5.69 Å². The van der Waals surface area contributed by atoms with Gasteiger partial charge < -0.3 is 25.4 Å². The Kier molecular flexibility index (Phi) is 5.76. The van der Waals surface area contributed by atoms with Gasteiger partial charge in [-0.2, -0.15) is 0 Å². The Bertz CT molecular complexity index is 951. The second-order valence-corrected chi connectivity index (χ2v) is 9.55. The number of fused-ring (bicyclic) bond motifs is 1. The number of aryl methyl sites for hydroxylation is 1. The number of halogens is 1. The Labute approximate surface area is 192 Å². The van der Waals surface area contributed by atoms with Crippen LogP contribution >= 0.6 is 11.6 Å². The zero-order chi connectivity index (χ0) is 23.4. The molecule has 0 saturated carbocycles. The van der Waals surface area contributed by atoms with Gasteiger partial charge >= 0.3 is 0 Å². The number of hydrogen-bond acceptors (Lipinski definition) is 5. The van der Waals surface area contributed by atoms with Crippen LogP contribution in [0.5, 0.6) is 0 Å². The summed E-state index contributed by atoms with van der Waals surface area (Å²) in [7, 11) is 1.54. The number of amides is 3. The molecule has 6 atom stereocenters. The predicted octanol–water partition coefficient (Wildman–Crippen LogP) is 1.87. The van der Waals surface area contributed by atoms with Crippen molar-refractivity contribution in [2.24, 2.45) is 11.8 Å². The maximum absolute atomic E-state index is 13.7. The molecule has 4 rings (SSSR count). The molecule has 3 N–H and O–H groups in total. The highest BCUT2D eigenvalue weighted by Crippen LogP contribution is 2.64. The number of para-hydroxylation sites is 1. The molecule has 8 nitrogen and oxygen atoms in total. The topological polar surface area (TPSA) is 108 Å². The van der Waals surface area contributed by atoms with Gasteiger partial charge in [-0.3, -0.25) is 14.4 Å². The number of likely N-dealkylation sites (tertiary alicyclic amines) is 1. The summed E-state index contributed by atoms with van der Waals surface area (Å²) in [6, 6.07) is 3.71. The molecule has 174 valence electrons. The van der Waals surface area contributed by atoms with E-state index in [2.05, 4.69) is 10.6 Å². The van der Waals surface area contributed by atoms with Gasteiger partial charge in [-0.25, -0.2) is 0 Å². The lowest BCUT2D eigenvalue weighted by Crippen LogP contribution is -2.56. The molecule has 3 amide bonds. The molecule has 3 aliphatic rings. The van der Waals surface area contributed by atoms with Gasteiger partial charge in [0.25, 0.3) is 0 Å². The Morgan fingerprint density at radius 3 is 2.66 bits per heavy atom. The summed E-state index contributed by atoms with van der Waals surface area (Å²) < 4.78 is 6.58. The molecule has 32 heavy (non-hydrogen) atoms. The number of carbonyl (C=O) groups is 3. The smallest absolute Gasteiger partial charge is 0.250 e. The van der Waals surface area contributed by atoms with Crippen LogP contribution in [-0.2, 0) is 19.1 Å². The lowest BCUT2D eigenvalue weighted by molar-refractivity contribution is -0.148. The fourth-order valence-corrected chi connectivity index (χ4v) is 6.32. The van der Waals surface area contributed by atoms with Crippen molar-refractivity contribution in [3.63, 3.8) is 0 Å². The average molecular weight is 464 g/mol. The van der Waals surface area contributed by atoms with Crippen LogP contribution in [-0.4, -0.2) is 64.7 Å². The molecule has 3 saturated heterocycles. The number of carbonyl (C=O) groups excluding carboxylic acids is 3. The Morgan fingerprint density at radius 2 is 2.06 bits per heavy atom. The van der Waals surface area contributed by atoms with E-state index in [0.29, 0.717) is 30.0 Å². The molecule has 3 aliphatic heterocycles. The fraction of sp³-hybridized carbons (Fsp3) is 0.609. The minimum atomic E-state index is -1.13. The summed E-state index contributed by atoms with van der Waals surface area (Å²) in [6.45, 7) is 5.15. The van der Waals surface area contributed by atoms with Crippen molar-refractivity contribution in [3.05, 3.63) is 28.8 Å². The van der Waals surface area contributed by atoms with Gasteiger partial charge in [0.1, 0.15) is 11.6 Å². The van der Waals surface area contributed by atoms with Crippen LogP contribution in [0, 0.1) is 18.8 Å². The lowest BCUT2D eigenvalue weighted by atomic mass is 9.65. The predicted molar refractivity (Wildman–Crippen MR) is 119 cm³/mol. The molecule has 3 heterocycles. The van der Waals surface area contributed by atoms with E-state index in [0.717, 1.165) is 5.56 Å². The molecule has 1 aromatic rings. The van der Waals surface area contributed by atoms with Gasteiger partial charge in [-0.1, -0.05) is 30.7 Å². The molecule has 0 radical (unpaired) electrons. The molecular weight excluding hydrogens is 434 g/mol. The maximum atomic E-state index is 13.7. The van der Waals surface area contributed by atoms with Crippen LogP contribution in [0.25, 0.3) is 0 Å². The highest BCUT2D eigenvalue weighted by atomic mass is 35.5. The zero-order valence-electron chi connectivity index (χ0n) is 18.8. The van der Waals surface area contributed by atoms with Crippen molar-refractivity contribution < 1.29 is 24.2 Å². The van der Waals surface area contributed by atoms with Crippen molar-refractivity contribution >= 4 is 35.0 Å². The van der Waals surface area contributed by atoms with E-state index in [1.807, 2.05) is 19.9 Å². The zero-order valence-corrected chi connectivity index (χ0v) is 19.5. The molecule has 2 bridgehead atoms. The molecule has 1 spiro atoms. The molecule has 1 aromatic carbocycles. The maximum Gasteiger partial charge on any atom is 0.250 e. The first kappa shape index (κ1) is 23.0. The molecule has 9 heteroatoms. The first-order chi connectivity index (χ1) is 15.2. The largest absolute Gasteiger partial charge is 0.394 e. The van der Waals surface area contributed by atoms with Crippen LogP contribution in [0.2, 0.25) is 5.02 Å². The lowest BCUT2D eigenvalue weighted by Gasteiger charge is -2.36. The molecule has 0 aliphatic carbocycles. The van der Waals surface area contributed by atoms with Crippen molar-refractivity contribution in [1.82, 2.24) is 10.2 Å². The Balaban J connectivity index is 1.81. The third kappa shape index (κ3) is 2.99. The van der Waals surface area contributed by atoms with Crippen LogP contribution in [0.15, 0.2) is 18.2 Å². The van der Waals surface area contributed by atoms with Gasteiger partial charge in [0.2, 0.25) is 17.7 Å².